The van der Waals surface area contributed by atoms with Crippen LogP contribution in [0.3, 0.4) is 0 Å². The predicted molar refractivity (Wildman–Crippen MR) is 74.8 cm³/mol. The largest absolute Gasteiger partial charge is 0.396 e. The molecule has 0 radical (unpaired) electrons. The molecule has 0 bridgehead atoms. The molecule has 17 heavy (non-hydrogen) atoms. The summed E-state index contributed by atoms with van der Waals surface area (Å²) >= 11 is 3.54. The molecule has 0 aliphatic carbocycles. The standard InChI is InChI=1S/C13H17NOS2/c1-10(6-7-15)14-13(11-4-2-8-16-11)12-5-3-9-17-12/h2-5,8-10,13-15H,6-7H2,1H3. The molecular weight excluding hydrogens is 250 g/mol. The Morgan fingerprint density at radius 1 is 1.18 bits per heavy atom. The van der Waals surface area contributed by atoms with Crippen molar-refractivity contribution in [2.45, 2.75) is 25.4 Å². The van der Waals surface area contributed by atoms with Gasteiger partial charge in [-0.15, -0.1) is 22.7 Å². The first kappa shape index (κ1) is 12.8. The Morgan fingerprint density at radius 3 is 2.18 bits per heavy atom. The molecule has 0 spiro atoms. The molecule has 1 atom stereocenters. The van der Waals surface area contributed by atoms with E-state index in [0.29, 0.717) is 6.04 Å². The van der Waals surface area contributed by atoms with Crippen LogP contribution in [0.1, 0.15) is 29.1 Å². The Morgan fingerprint density at radius 2 is 1.76 bits per heavy atom. The van der Waals surface area contributed by atoms with Crippen LogP contribution < -0.4 is 5.32 Å². The molecule has 2 aromatic heterocycles. The maximum Gasteiger partial charge on any atom is 0.0766 e. The lowest BCUT2D eigenvalue weighted by atomic mass is 10.1. The van der Waals surface area contributed by atoms with Gasteiger partial charge in [0.25, 0.3) is 0 Å². The van der Waals surface area contributed by atoms with Gasteiger partial charge in [0.05, 0.1) is 6.04 Å². The average Bonchev–Trinajstić information content (AvgIpc) is 3.00. The highest BCUT2D eigenvalue weighted by Gasteiger charge is 2.17. The third kappa shape index (κ3) is 3.39. The molecule has 1 unspecified atom stereocenters. The van der Waals surface area contributed by atoms with E-state index in [1.165, 1.54) is 9.75 Å². The van der Waals surface area contributed by atoms with Crippen LogP contribution in [0.25, 0.3) is 0 Å². The van der Waals surface area contributed by atoms with Crippen molar-refractivity contribution >= 4 is 22.7 Å². The fourth-order valence-electron chi connectivity index (χ4n) is 1.78. The minimum Gasteiger partial charge on any atom is -0.396 e. The van der Waals surface area contributed by atoms with Crippen LogP contribution in [-0.2, 0) is 0 Å². The molecule has 2 nitrogen and oxygen atoms in total. The van der Waals surface area contributed by atoms with E-state index >= 15 is 0 Å². The van der Waals surface area contributed by atoms with Crippen LogP contribution in [0, 0.1) is 0 Å². The fraction of sp³-hybridized carbons (Fsp3) is 0.385. The van der Waals surface area contributed by atoms with Gasteiger partial charge in [-0.2, -0.15) is 0 Å². The fourth-order valence-corrected chi connectivity index (χ4v) is 3.46. The first-order valence-electron chi connectivity index (χ1n) is 5.75. The van der Waals surface area contributed by atoms with E-state index in [-0.39, 0.29) is 12.6 Å². The van der Waals surface area contributed by atoms with Gasteiger partial charge < -0.3 is 10.4 Å². The van der Waals surface area contributed by atoms with Gasteiger partial charge >= 0.3 is 0 Å². The summed E-state index contributed by atoms with van der Waals surface area (Å²) < 4.78 is 0. The molecule has 0 saturated carbocycles. The van der Waals surface area contributed by atoms with Crippen molar-refractivity contribution in [3.05, 3.63) is 44.8 Å². The molecule has 2 aromatic rings. The normalized spacial score (nSPS) is 13.1. The van der Waals surface area contributed by atoms with Gasteiger partial charge in [-0.3, -0.25) is 0 Å². The molecule has 4 heteroatoms. The van der Waals surface area contributed by atoms with Crippen LogP contribution in [0.15, 0.2) is 35.0 Å². The van der Waals surface area contributed by atoms with E-state index in [0.717, 1.165) is 6.42 Å². The molecule has 0 aromatic carbocycles. The summed E-state index contributed by atoms with van der Waals surface area (Å²) in [6.07, 6.45) is 0.785. The highest BCUT2D eigenvalue weighted by atomic mass is 32.1. The van der Waals surface area contributed by atoms with Crippen LogP contribution in [0.2, 0.25) is 0 Å². The molecule has 2 heterocycles. The van der Waals surface area contributed by atoms with Crippen LogP contribution >= 0.6 is 22.7 Å². The lowest BCUT2D eigenvalue weighted by molar-refractivity contribution is 0.266. The van der Waals surface area contributed by atoms with E-state index in [1.54, 1.807) is 22.7 Å². The van der Waals surface area contributed by atoms with Gasteiger partial charge in [0, 0.05) is 22.4 Å². The zero-order valence-electron chi connectivity index (χ0n) is 9.80. The quantitative estimate of drug-likeness (QED) is 0.842. The minimum absolute atomic E-state index is 0.232. The van der Waals surface area contributed by atoms with E-state index in [1.807, 2.05) is 0 Å². The van der Waals surface area contributed by atoms with Crippen molar-refractivity contribution in [3.8, 4) is 0 Å². The molecule has 0 aliphatic rings. The second kappa shape index (κ2) is 6.31. The molecule has 0 fully saturated rings. The summed E-state index contributed by atoms with van der Waals surface area (Å²) in [5.74, 6) is 0. The minimum atomic E-state index is 0.232. The second-order valence-corrected chi connectivity index (χ2v) is 6.00. The number of hydrogen-bond donors (Lipinski definition) is 2. The third-order valence-electron chi connectivity index (χ3n) is 2.67. The third-order valence-corrected chi connectivity index (χ3v) is 4.54. The summed E-state index contributed by atoms with van der Waals surface area (Å²) in [5, 5.41) is 16.8. The number of hydrogen-bond acceptors (Lipinski definition) is 4. The second-order valence-electron chi connectivity index (χ2n) is 4.04. The molecule has 0 saturated heterocycles. The average molecular weight is 267 g/mol. The number of thiophene rings is 2. The topological polar surface area (TPSA) is 32.3 Å². The molecule has 2 N–H and O–H groups in total. The monoisotopic (exact) mass is 267 g/mol. The van der Waals surface area contributed by atoms with Crippen LogP contribution in [-0.4, -0.2) is 17.8 Å². The molecule has 0 amide bonds. The van der Waals surface area contributed by atoms with Gasteiger partial charge in [-0.1, -0.05) is 12.1 Å². The van der Waals surface area contributed by atoms with Crippen molar-refractivity contribution in [2.75, 3.05) is 6.61 Å². The Bertz CT molecular complexity index is 376. The number of aliphatic hydroxyl groups is 1. The van der Waals surface area contributed by atoms with Crippen LogP contribution in [0.5, 0.6) is 0 Å². The van der Waals surface area contributed by atoms with Gasteiger partial charge in [0.2, 0.25) is 0 Å². The molecular formula is C13H17NOS2. The van der Waals surface area contributed by atoms with Gasteiger partial charge in [0.1, 0.15) is 0 Å². The first-order chi connectivity index (χ1) is 8.31. The number of aliphatic hydroxyl groups excluding tert-OH is 1. The molecule has 0 aliphatic heterocycles. The first-order valence-corrected chi connectivity index (χ1v) is 7.51. The van der Waals surface area contributed by atoms with Crippen molar-refractivity contribution in [1.82, 2.24) is 5.32 Å². The van der Waals surface area contributed by atoms with E-state index in [2.05, 4.69) is 47.3 Å². The van der Waals surface area contributed by atoms with Crippen molar-refractivity contribution in [3.63, 3.8) is 0 Å². The van der Waals surface area contributed by atoms with Gasteiger partial charge in [0.15, 0.2) is 0 Å². The number of rotatable bonds is 6. The van der Waals surface area contributed by atoms with Crippen LogP contribution in [0.4, 0.5) is 0 Å². The Hall–Kier alpha value is -0.680. The van der Waals surface area contributed by atoms with Crippen molar-refractivity contribution in [2.24, 2.45) is 0 Å². The van der Waals surface area contributed by atoms with E-state index in [4.69, 9.17) is 5.11 Å². The molecule has 2 rings (SSSR count). The lowest BCUT2D eigenvalue weighted by Crippen LogP contribution is -2.31. The zero-order valence-corrected chi connectivity index (χ0v) is 11.4. The van der Waals surface area contributed by atoms with Crippen molar-refractivity contribution in [1.29, 1.82) is 0 Å². The van der Waals surface area contributed by atoms with E-state index in [9.17, 15) is 0 Å². The highest BCUT2D eigenvalue weighted by Crippen LogP contribution is 2.29. The summed E-state index contributed by atoms with van der Waals surface area (Å²) in [7, 11) is 0. The summed E-state index contributed by atoms with van der Waals surface area (Å²) in [5.41, 5.74) is 0. The Kier molecular flexibility index (Phi) is 4.74. The van der Waals surface area contributed by atoms with E-state index < -0.39 is 0 Å². The maximum absolute atomic E-state index is 8.98. The Balaban J connectivity index is 2.14. The summed E-state index contributed by atoms with van der Waals surface area (Å²) in [4.78, 5) is 2.66. The van der Waals surface area contributed by atoms with Crippen molar-refractivity contribution < 1.29 is 5.11 Å². The highest BCUT2D eigenvalue weighted by molar-refractivity contribution is 7.11. The SMILES string of the molecule is CC(CCO)NC(c1cccs1)c1cccs1. The maximum atomic E-state index is 8.98. The number of nitrogens with one attached hydrogen (secondary N) is 1. The zero-order chi connectivity index (χ0) is 12.1. The van der Waals surface area contributed by atoms with Gasteiger partial charge in [-0.05, 0) is 36.2 Å². The summed E-state index contributed by atoms with van der Waals surface area (Å²) in [6, 6.07) is 9.06. The predicted octanol–water partition coefficient (Wildman–Crippen LogP) is 3.26. The summed E-state index contributed by atoms with van der Waals surface area (Å²) in [6.45, 7) is 2.35. The van der Waals surface area contributed by atoms with Gasteiger partial charge in [-0.25, -0.2) is 0 Å². The Labute approximate surface area is 110 Å². The molecule has 92 valence electrons. The lowest BCUT2D eigenvalue weighted by Gasteiger charge is -2.21. The smallest absolute Gasteiger partial charge is 0.0766 e.